The molecule has 0 saturated carbocycles. The molecule has 0 radical (unpaired) electrons. The molecule has 100 valence electrons. The molecule has 0 unspecified atom stereocenters. The lowest BCUT2D eigenvalue weighted by Crippen LogP contribution is -2.39. The highest BCUT2D eigenvalue weighted by atomic mass is 35.5. The molecule has 0 spiro atoms. The van der Waals surface area contributed by atoms with Gasteiger partial charge in [0.05, 0.1) is 6.54 Å². The van der Waals surface area contributed by atoms with Crippen molar-refractivity contribution in [2.75, 3.05) is 18.5 Å². The summed E-state index contributed by atoms with van der Waals surface area (Å²) in [5.74, 6) is -0.348. The summed E-state index contributed by atoms with van der Waals surface area (Å²) in [6.07, 6.45) is 0. The Morgan fingerprint density at radius 3 is 2.67 bits per heavy atom. The van der Waals surface area contributed by atoms with Crippen LogP contribution in [0.4, 0.5) is 5.69 Å². The lowest BCUT2D eigenvalue weighted by Gasteiger charge is -2.30. The summed E-state index contributed by atoms with van der Waals surface area (Å²) in [5.41, 5.74) is 7.35. The third kappa shape index (κ3) is 3.89. The van der Waals surface area contributed by atoms with E-state index in [0.717, 1.165) is 11.3 Å². The molecule has 0 aliphatic rings. The average Bonchev–Trinajstić information content (AvgIpc) is 2.28. The van der Waals surface area contributed by atoms with Gasteiger partial charge in [0.2, 0.25) is 5.91 Å². The van der Waals surface area contributed by atoms with Gasteiger partial charge in [0, 0.05) is 23.3 Å². The summed E-state index contributed by atoms with van der Waals surface area (Å²) in [6, 6.07) is 5.86. The molecule has 4 nitrogen and oxygen atoms in total. The molecule has 0 heterocycles. The molecule has 0 aliphatic carbocycles. The molecule has 0 atom stereocenters. The molecule has 18 heavy (non-hydrogen) atoms. The summed E-state index contributed by atoms with van der Waals surface area (Å²) in [7, 11) is 1.88. The van der Waals surface area contributed by atoms with Gasteiger partial charge in [-0.2, -0.15) is 0 Å². The Morgan fingerprint density at radius 1 is 1.50 bits per heavy atom. The molecule has 0 bridgehead atoms. The quantitative estimate of drug-likeness (QED) is 0.827. The number of nitrogens with two attached hydrogens (primary N) is 1. The van der Waals surface area contributed by atoms with Crippen LogP contribution >= 0.6 is 11.6 Å². The minimum Gasteiger partial charge on any atom is -0.368 e. The zero-order valence-electron chi connectivity index (χ0n) is 11.0. The molecular formula is C13H20ClN3O. The zero-order valence-corrected chi connectivity index (χ0v) is 11.8. The predicted molar refractivity (Wildman–Crippen MR) is 75.9 cm³/mol. The van der Waals surface area contributed by atoms with Crippen molar-refractivity contribution in [2.45, 2.75) is 26.4 Å². The van der Waals surface area contributed by atoms with E-state index in [9.17, 15) is 4.79 Å². The summed E-state index contributed by atoms with van der Waals surface area (Å²) in [5, 5.41) is 3.76. The fraction of sp³-hybridized carbons (Fsp3) is 0.462. The predicted octanol–water partition coefficient (Wildman–Crippen LogP) is 1.76. The maximum atomic E-state index is 11.2. The van der Waals surface area contributed by atoms with E-state index >= 15 is 0 Å². The van der Waals surface area contributed by atoms with E-state index in [0.29, 0.717) is 11.6 Å². The molecule has 1 rings (SSSR count). The lowest BCUT2D eigenvalue weighted by atomic mass is 10.1. The minimum atomic E-state index is -0.348. The zero-order chi connectivity index (χ0) is 13.7. The number of primary amides is 1. The van der Waals surface area contributed by atoms with Crippen LogP contribution in [0.25, 0.3) is 0 Å². The summed E-state index contributed by atoms with van der Waals surface area (Å²) in [6.45, 7) is 4.95. The Hall–Kier alpha value is -1.26. The number of hydrogen-bond donors (Lipinski definition) is 2. The third-order valence-electron chi connectivity index (χ3n) is 2.67. The fourth-order valence-electron chi connectivity index (χ4n) is 1.86. The van der Waals surface area contributed by atoms with Crippen molar-refractivity contribution in [2.24, 2.45) is 5.73 Å². The highest BCUT2D eigenvalue weighted by Crippen LogP contribution is 2.26. The third-order valence-corrected chi connectivity index (χ3v) is 2.91. The van der Waals surface area contributed by atoms with Gasteiger partial charge in [-0.25, -0.2) is 0 Å². The van der Waals surface area contributed by atoms with Crippen LogP contribution < -0.4 is 16.0 Å². The SMILES string of the molecule is CNCc1ccc(Cl)cc1N(CC(N)=O)C(C)C. The number of carbonyl (C=O) groups is 1. The van der Waals surface area contributed by atoms with Crippen LogP contribution in [0.2, 0.25) is 5.02 Å². The normalized spacial score (nSPS) is 10.7. The molecule has 0 saturated heterocycles. The number of nitrogens with one attached hydrogen (secondary N) is 1. The van der Waals surface area contributed by atoms with E-state index in [1.54, 1.807) is 0 Å². The topological polar surface area (TPSA) is 58.4 Å². The van der Waals surface area contributed by atoms with Crippen molar-refractivity contribution in [3.63, 3.8) is 0 Å². The Bertz CT molecular complexity index is 421. The maximum absolute atomic E-state index is 11.2. The number of carbonyl (C=O) groups excluding carboxylic acids is 1. The Morgan fingerprint density at radius 2 is 2.17 bits per heavy atom. The van der Waals surface area contributed by atoms with Crippen LogP contribution in [-0.2, 0) is 11.3 Å². The summed E-state index contributed by atoms with van der Waals surface area (Å²) in [4.78, 5) is 13.1. The smallest absolute Gasteiger partial charge is 0.236 e. The number of amides is 1. The van der Waals surface area contributed by atoms with Crippen LogP contribution in [0.1, 0.15) is 19.4 Å². The van der Waals surface area contributed by atoms with Crippen molar-refractivity contribution < 1.29 is 4.79 Å². The second-order valence-corrected chi connectivity index (χ2v) is 4.93. The van der Waals surface area contributed by atoms with Gasteiger partial charge in [0.1, 0.15) is 0 Å². The van der Waals surface area contributed by atoms with Crippen LogP contribution in [-0.4, -0.2) is 25.5 Å². The van der Waals surface area contributed by atoms with E-state index in [4.69, 9.17) is 17.3 Å². The van der Waals surface area contributed by atoms with Gasteiger partial charge in [-0.1, -0.05) is 17.7 Å². The van der Waals surface area contributed by atoms with Crippen LogP contribution in [0.3, 0.4) is 0 Å². The Kier molecular flexibility index (Phi) is 5.44. The lowest BCUT2D eigenvalue weighted by molar-refractivity contribution is -0.116. The van der Waals surface area contributed by atoms with E-state index in [1.807, 2.05) is 44.0 Å². The van der Waals surface area contributed by atoms with Gasteiger partial charge in [-0.15, -0.1) is 0 Å². The average molecular weight is 270 g/mol. The molecule has 0 fully saturated rings. The number of anilines is 1. The van der Waals surface area contributed by atoms with Gasteiger partial charge >= 0.3 is 0 Å². The number of halogens is 1. The Balaban J connectivity index is 3.15. The molecule has 1 amide bonds. The maximum Gasteiger partial charge on any atom is 0.236 e. The first-order chi connectivity index (χ1) is 8.45. The van der Waals surface area contributed by atoms with Gasteiger partial charge < -0.3 is 16.0 Å². The second-order valence-electron chi connectivity index (χ2n) is 4.49. The van der Waals surface area contributed by atoms with Gasteiger partial charge in [0.25, 0.3) is 0 Å². The van der Waals surface area contributed by atoms with Gasteiger partial charge in [-0.3, -0.25) is 4.79 Å². The standard InChI is InChI=1S/C13H20ClN3O/c1-9(2)17(8-13(15)18)12-6-11(14)5-4-10(12)7-16-3/h4-6,9,16H,7-8H2,1-3H3,(H2,15,18). The highest BCUT2D eigenvalue weighted by molar-refractivity contribution is 6.30. The highest BCUT2D eigenvalue weighted by Gasteiger charge is 2.16. The second kappa shape index (κ2) is 6.61. The molecule has 5 heteroatoms. The van der Waals surface area contributed by atoms with Crippen molar-refractivity contribution in [3.05, 3.63) is 28.8 Å². The van der Waals surface area contributed by atoms with Crippen molar-refractivity contribution in [3.8, 4) is 0 Å². The number of nitrogens with zero attached hydrogens (tertiary/aromatic N) is 1. The largest absolute Gasteiger partial charge is 0.368 e. The van der Waals surface area contributed by atoms with Crippen LogP contribution in [0, 0.1) is 0 Å². The van der Waals surface area contributed by atoms with E-state index in [-0.39, 0.29) is 18.5 Å². The molecule has 0 aliphatic heterocycles. The van der Waals surface area contributed by atoms with Crippen LogP contribution in [0.15, 0.2) is 18.2 Å². The first-order valence-corrected chi connectivity index (χ1v) is 6.31. The first kappa shape index (κ1) is 14.8. The molecule has 0 aromatic heterocycles. The summed E-state index contributed by atoms with van der Waals surface area (Å²) < 4.78 is 0. The van der Waals surface area contributed by atoms with Crippen molar-refractivity contribution in [1.29, 1.82) is 0 Å². The molecule has 3 N–H and O–H groups in total. The number of benzene rings is 1. The van der Waals surface area contributed by atoms with E-state index < -0.39 is 0 Å². The molecular weight excluding hydrogens is 250 g/mol. The first-order valence-electron chi connectivity index (χ1n) is 5.93. The van der Waals surface area contributed by atoms with Crippen LogP contribution in [0.5, 0.6) is 0 Å². The fourth-order valence-corrected chi connectivity index (χ4v) is 2.02. The van der Waals surface area contributed by atoms with E-state index in [2.05, 4.69) is 5.32 Å². The van der Waals surface area contributed by atoms with Gasteiger partial charge in [0.15, 0.2) is 0 Å². The monoisotopic (exact) mass is 269 g/mol. The molecule has 1 aromatic carbocycles. The summed E-state index contributed by atoms with van der Waals surface area (Å²) >= 11 is 6.04. The van der Waals surface area contributed by atoms with E-state index in [1.165, 1.54) is 0 Å². The number of rotatable bonds is 6. The van der Waals surface area contributed by atoms with Crippen molar-refractivity contribution >= 4 is 23.2 Å². The van der Waals surface area contributed by atoms with Gasteiger partial charge in [-0.05, 0) is 38.6 Å². The number of hydrogen-bond acceptors (Lipinski definition) is 3. The molecule has 1 aromatic rings. The Labute approximate surface area is 113 Å². The van der Waals surface area contributed by atoms with Crippen molar-refractivity contribution in [1.82, 2.24) is 5.32 Å². The minimum absolute atomic E-state index is 0.173.